The van der Waals surface area contributed by atoms with Gasteiger partial charge in [0.25, 0.3) is 0 Å². The van der Waals surface area contributed by atoms with Crippen molar-refractivity contribution in [3.05, 3.63) is 29.8 Å². The predicted octanol–water partition coefficient (Wildman–Crippen LogP) is 2.49. The second kappa shape index (κ2) is 8.41. The molecule has 0 saturated heterocycles. The molecule has 1 aromatic carbocycles. The Kier molecular flexibility index (Phi) is 6.89. The number of ether oxygens (including phenoxy) is 1. The van der Waals surface area contributed by atoms with Gasteiger partial charge in [0.2, 0.25) is 5.91 Å². The first-order valence-electron chi connectivity index (χ1n) is 7.53. The fraction of sp³-hybridized carbons (Fsp3) is 0.529. The summed E-state index contributed by atoms with van der Waals surface area (Å²) in [6.07, 6.45) is 0.154. The molecule has 0 saturated carbocycles. The Morgan fingerprint density at radius 2 is 1.73 bits per heavy atom. The number of carbonyl (C=O) groups excluding carboxylic acids is 1. The van der Waals surface area contributed by atoms with Crippen molar-refractivity contribution in [3.8, 4) is 5.75 Å². The maximum Gasteiger partial charge on any atom is 0.326 e. The lowest BCUT2D eigenvalue weighted by molar-refractivity contribution is -0.143. The lowest BCUT2D eigenvalue weighted by Gasteiger charge is -2.17. The highest BCUT2D eigenvalue weighted by Crippen LogP contribution is 2.14. The summed E-state index contributed by atoms with van der Waals surface area (Å²) in [7, 11) is 0. The van der Waals surface area contributed by atoms with Crippen LogP contribution in [0, 0.1) is 11.8 Å². The minimum absolute atomic E-state index is 0.154. The average Bonchev–Trinajstić information content (AvgIpc) is 2.43. The first-order valence-corrected chi connectivity index (χ1v) is 7.53. The van der Waals surface area contributed by atoms with Crippen molar-refractivity contribution < 1.29 is 19.4 Å². The molecule has 0 aliphatic carbocycles. The molecule has 1 unspecified atom stereocenters. The molecular formula is C17H25NO4. The van der Waals surface area contributed by atoms with Crippen LogP contribution in [0.25, 0.3) is 0 Å². The number of carboxylic acid groups (broad SMARTS) is 1. The predicted molar refractivity (Wildman–Crippen MR) is 84.9 cm³/mol. The number of hydrogen-bond donors (Lipinski definition) is 2. The van der Waals surface area contributed by atoms with Crippen molar-refractivity contribution >= 4 is 11.9 Å². The Labute approximate surface area is 131 Å². The zero-order chi connectivity index (χ0) is 16.7. The van der Waals surface area contributed by atoms with Crippen LogP contribution in [0.15, 0.2) is 24.3 Å². The molecule has 0 radical (unpaired) electrons. The smallest absolute Gasteiger partial charge is 0.326 e. The van der Waals surface area contributed by atoms with Gasteiger partial charge >= 0.3 is 5.97 Å². The molecule has 0 fully saturated rings. The number of amides is 1. The maximum atomic E-state index is 11.9. The second-order valence-corrected chi connectivity index (χ2v) is 6.15. The second-order valence-electron chi connectivity index (χ2n) is 6.15. The molecule has 5 heteroatoms. The fourth-order valence-corrected chi connectivity index (χ4v) is 1.89. The molecule has 0 bridgehead atoms. The van der Waals surface area contributed by atoms with Crippen molar-refractivity contribution in [2.75, 3.05) is 6.61 Å². The summed E-state index contributed by atoms with van der Waals surface area (Å²) in [4.78, 5) is 23.0. The zero-order valence-electron chi connectivity index (χ0n) is 13.6. The number of carboxylic acids is 1. The lowest BCUT2D eigenvalue weighted by atomic mass is 10.0. The summed E-state index contributed by atoms with van der Waals surface area (Å²) >= 11 is 0. The highest BCUT2D eigenvalue weighted by molar-refractivity contribution is 5.85. The molecule has 1 aromatic rings. The van der Waals surface area contributed by atoms with Crippen LogP contribution in [-0.4, -0.2) is 29.6 Å². The third-order valence-corrected chi connectivity index (χ3v) is 3.12. The van der Waals surface area contributed by atoms with Crippen LogP contribution in [0.2, 0.25) is 0 Å². The average molecular weight is 307 g/mol. The Morgan fingerprint density at radius 3 is 2.18 bits per heavy atom. The van der Waals surface area contributed by atoms with Crippen molar-refractivity contribution in [2.45, 2.75) is 40.2 Å². The minimum Gasteiger partial charge on any atom is -0.493 e. The zero-order valence-corrected chi connectivity index (χ0v) is 13.6. The third kappa shape index (κ3) is 6.16. The van der Waals surface area contributed by atoms with E-state index in [4.69, 9.17) is 9.84 Å². The summed E-state index contributed by atoms with van der Waals surface area (Å²) in [6, 6.07) is 6.42. The van der Waals surface area contributed by atoms with Gasteiger partial charge in [-0.3, -0.25) is 4.79 Å². The normalized spacial score (nSPS) is 12.3. The summed E-state index contributed by atoms with van der Waals surface area (Å²) in [5.41, 5.74) is 0.822. The maximum absolute atomic E-state index is 11.9. The number of hydrogen-bond acceptors (Lipinski definition) is 3. The van der Waals surface area contributed by atoms with Crippen molar-refractivity contribution in [2.24, 2.45) is 11.8 Å². The largest absolute Gasteiger partial charge is 0.493 e. The highest BCUT2D eigenvalue weighted by Gasteiger charge is 2.23. The van der Waals surface area contributed by atoms with E-state index in [9.17, 15) is 9.59 Å². The van der Waals surface area contributed by atoms with E-state index in [-0.39, 0.29) is 18.2 Å². The fourth-order valence-electron chi connectivity index (χ4n) is 1.89. The van der Waals surface area contributed by atoms with Crippen molar-refractivity contribution in [1.29, 1.82) is 0 Å². The van der Waals surface area contributed by atoms with E-state index in [0.717, 1.165) is 11.3 Å². The standard InChI is InChI=1S/C17H25NO4/c1-11(2)10-22-14-7-5-13(6-8-14)9-15(19)18-16(12(3)4)17(20)21/h5-8,11-12,16H,9-10H2,1-4H3,(H,18,19)(H,20,21). The summed E-state index contributed by atoms with van der Waals surface area (Å²) in [5.74, 6) is -0.246. The van der Waals surface area contributed by atoms with Crippen molar-refractivity contribution in [3.63, 3.8) is 0 Å². The van der Waals surface area contributed by atoms with Gasteiger partial charge < -0.3 is 15.2 Å². The topological polar surface area (TPSA) is 75.6 Å². The van der Waals surface area contributed by atoms with Crippen LogP contribution in [-0.2, 0) is 16.0 Å². The van der Waals surface area contributed by atoms with E-state index in [1.54, 1.807) is 13.8 Å². The van der Waals surface area contributed by atoms with Gasteiger partial charge in [-0.25, -0.2) is 4.79 Å². The van der Waals surface area contributed by atoms with E-state index in [0.29, 0.717) is 12.5 Å². The van der Waals surface area contributed by atoms with Gasteiger partial charge in [0, 0.05) is 0 Å². The molecule has 5 nitrogen and oxygen atoms in total. The number of rotatable bonds is 8. The molecule has 0 aliphatic heterocycles. The van der Waals surface area contributed by atoms with Crippen molar-refractivity contribution in [1.82, 2.24) is 5.32 Å². The van der Waals surface area contributed by atoms with Crippen LogP contribution >= 0.6 is 0 Å². The van der Waals surface area contributed by atoms with E-state index in [1.165, 1.54) is 0 Å². The molecule has 22 heavy (non-hydrogen) atoms. The first-order chi connectivity index (χ1) is 10.3. The van der Waals surface area contributed by atoms with Gasteiger partial charge in [0.15, 0.2) is 0 Å². The molecular weight excluding hydrogens is 282 g/mol. The summed E-state index contributed by atoms with van der Waals surface area (Å²) < 4.78 is 5.58. The highest BCUT2D eigenvalue weighted by atomic mass is 16.5. The first kappa shape index (κ1) is 18.0. The molecule has 0 spiro atoms. The summed E-state index contributed by atoms with van der Waals surface area (Å²) in [6.45, 7) is 8.33. The molecule has 0 aliphatic rings. The lowest BCUT2D eigenvalue weighted by Crippen LogP contribution is -2.44. The molecule has 0 aromatic heterocycles. The van der Waals surface area contributed by atoms with Gasteiger partial charge in [-0.2, -0.15) is 0 Å². The van der Waals surface area contributed by atoms with Crippen LogP contribution in [0.3, 0.4) is 0 Å². The number of benzene rings is 1. The van der Waals surface area contributed by atoms with Gasteiger partial charge in [-0.15, -0.1) is 0 Å². The van der Waals surface area contributed by atoms with Gasteiger partial charge in [0.1, 0.15) is 11.8 Å². The molecule has 1 rings (SSSR count). The van der Waals surface area contributed by atoms with E-state index in [2.05, 4.69) is 19.2 Å². The monoisotopic (exact) mass is 307 g/mol. The third-order valence-electron chi connectivity index (χ3n) is 3.12. The van der Waals surface area contributed by atoms with E-state index >= 15 is 0 Å². The number of carbonyl (C=O) groups is 2. The Hall–Kier alpha value is -2.04. The van der Waals surface area contributed by atoms with Crippen LogP contribution in [0.4, 0.5) is 0 Å². The Morgan fingerprint density at radius 1 is 1.14 bits per heavy atom. The number of nitrogens with one attached hydrogen (secondary N) is 1. The quantitative estimate of drug-likeness (QED) is 0.773. The molecule has 122 valence electrons. The van der Waals surface area contributed by atoms with Gasteiger partial charge in [0.05, 0.1) is 13.0 Å². The number of aliphatic carboxylic acids is 1. The molecule has 1 atom stereocenters. The van der Waals surface area contributed by atoms with Gasteiger partial charge in [-0.05, 0) is 29.5 Å². The Bertz CT molecular complexity index is 494. The van der Waals surface area contributed by atoms with Crippen LogP contribution < -0.4 is 10.1 Å². The van der Waals surface area contributed by atoms with E-state index in [1.807, 2.05) is 24.3 Å². The van der Waals surface area contributed by atoms with Crippen LogP contribution in [0.1, 0.15) is 33.3 Å². The van der Waals surface area contributed by atoms with Crippen LogP contribution in [0.5, 0.6) is 5.75 Å². The van der Waals surface area contributed by atoms with E-state index < -0.39 is 12.0 Å². The SMILES string of the molecule is CC(C)COc1ccc(CC(=O)NC(C(=O)O)C(C)C)cc1. The molecule has 1 amide bonds. The molecule has 0 heterocycles. The summed E-state index contributed by atoms with van der Waals surface area (Å²) in [5, 5.41) is 11.6. The molecule has 2 N–H and O–H groups in total. The minimum atomic E-state index is -1.01. The Balaban J connectivity index is 2.55. The van der Waals surface area contributed by atoms with Gasteiger partial charge in [-0.1, -0.05) is 39.8 Å².